The first-order valence-electron chi connectivity index (χ1n) is 5.47. The van der Waals surface area contributed by atoms with Crippen LogP contribution in [0.4, 0.5) is 0 Å². The van der Waals surface area contributed by atoms with Gasteiger partial charge in [0.1, 0.15) is 5.75 Å². The summed E-state index contributed by atoms with van der Waals surface area (Å²) in [6.45, 7) is 3.40. The molecule has 0 saturated carbocycles. The highest BCUT2D eigenvalue weighted by Crippen LogP contribution is 2.15. The Bertz CT molecular complexity index is 429. The molecule has 0 aromatic heterocycles. The fourth-order valence-corrected chi connectivity index (χ4v) is 2.31. The molecular weight excluding hydrogens is 240 g/mol. The summed E-state index contributed by atoms with van der Waals surface area (Å²) in [4.78, 5) is 0.247. The van der Waals surface area contributed by atoms with E-state index in [0.717, 1.165) is 0 Å². The van der Waals surface area contributed by atoms with E-state index in [0.29, 0.717) is 25.4 Å². The normalized spacial score (nSPS) is 11.4. The van der Waals surface area contributed by atoms with Crippen LogP contribution in [0.15, 0.2) is 29.2 Å². The second-order valence-electron chi connectivity index (χ2n) is 3.41. The van der Waals surface area contributed by atoms with Gasteiger partial charge in [-0.3, -0.25) is 0 Å². The van der Waals surface area contributed by atoms with Gasteiger partial charge in [0.15, 0.2) is 0 Å². The van der Waals surface area contributed by atoms with Gasteiger partial charge in [-0.15, -0.1) is 0 Å². The number of hydrogen-bond donors (Lipinski definition) is 2. The molecule has 5 nitrogen and oxygen atoms in total. The highest BCUT2D eigenvalue weighted by atomic mass is 32.2. The number of ether oxygens (including phenoxy) is 1. The molecule has 1 aromatic carbocycles. The lowest BCUT2D eigenvalue weighted by Gasteiger charge is -2.07. The Morgan fingerprint density at radius 1 is 1.18 bits per heavy atom. The van der Waals surface area contributed by atoms with E-state index in [9.17, 15) is 8.42 Å². The van der Waals surface area contributed by atoms with Gasteiger partial charge in [-0.25, -0.2) is 13.1 Å². The summed E-state index contributed by atoms with van der Waals surface area (Å²) in [7, 11) is -1.64. The van der Waals surface area contributed by atoms with Gasteiger partial charge in [0.25, 0.3) is 0 Å². The van der Waals surface area contributed by atoms with Gasteiger partial charge in [-0.2, -0.15) is 0 Å². The van der Waals surface area contributed by atoms with E-state index in [2.05, 4.69) is 10.0 Å². The molecule has 0 aliphatic heterocycles. The molecule has 0 bridgehead atoms. The van der Waals surface area contributed by atoms with Gasteiger partial charge in [-0.05, 0) is 38.2 Å². The summed E-state index contributed by atoms with van der Waals surface area (Å²) in [6.07, 6.45) is 0. The van der Waals surface area contributed by atoms with Crippen LogP contribution in [0.2, 0.25) is 0 Å². The van der Waals surface area contributed by atoms with Crippen LogP contribution in [0.25, 0.3) is 0 Å². The molecule has 0 spiro atoms. The maximum Gasteiger partial charge on any atom is 0.240 e. The lowest BCUT2D eigenvalue weighted by atomic mass is 10.3. The first-order valence-corrected chi connectivity index (χ1v) is 6.95. The molecule has 6 heteroatoms. The Hall–Kier alpha value is -1.11. The van der Waals surface area contributed by atoms with Gasteiger partial charge < -0.3 is 10.1 Å². The van der Waals surface area contributed by atoms with Crippen molar-refractivity contribution in [2.24, 2.45) is 0 Å². The van der Waals surface area contributed by atoms with Crippen LogP contribution in [0.1, 0.15) is 6.92 Å². The molecule has 96 valence electrons. The number of likely N-dealkylation sites (N-methyl/N-ethyl adjacent to an activating group) is 1. The Labute approximate surface area is 102 Å². The predicted molar refractivity (Wildman–Crippen MR) is 66.7 cm³/mol. The monoisotopic (exact) mass is 258 g/mol. The van der Waals surface area contributed by atoms with E-state index in [1.165, 1.54) is 12.1 Å². The van der Waals surface area contributed by atoms with E-state index in [4.69, 9.17) is 4.74 Å². The standard InChI is InChI=1S/C11H18N2O3S/c1-3-16-10-4-6-11(7-5-10)17(14,15)13-9-8-12-2/h4-7,12-13H,3,8-9H2,1-2H3. The fraction of sp³-hybridized carbons (Fsp3) is 0.455. The summed E-state index contributed by atoms with van der Waals surface area (Å²) < 4.78 is 31.3. The minimum atomic E-state index is -3.41. The highest BCUT2D eigenvalue weighted by Gasteiger charge is 2.12. The third kappa shape index (κ3) is 4.33. The van der Waals surface area contributed by atoms with Crippen molar-refractivity contribution in [3.8, 4) is 5.75 Å². The molecule has 0 aliphatic rings. The lowest BCUT2D eigenvalue weighted by molar-refractivity contribution is 0.340. The third-order valence-corrected chi connectivity index (χ3v) is 3.59. The third-order valence-electron chi connectivity index (χ3n) is 2.11. The second-order valence-corrected chi connectivity index (χ2v) is 5.17. The maximum absolute atomic E-state index is 11.8. The lowest BCUT2D eigenvalue weighted by Crippen LogP contribution is -2.30. The second kappa shape index (κ2) is 6.58. The number of sulfonamides is 1. The molecule has 2 N–H and O–H groups in total. The zero-order valence-electron chi connectivity index (χ0n) is 10.1. The van der Waals surface area contributed by atoms with Crippen molar-refractivity contribution >= 4 is 10.0 Å². The summed E-state index contributed by atoms with van der Waals surface area (Å²) >= 11 is 0. The quantitative estimate of drug-likeness (QED) is 0.702. The molecule has 0 heterocycles. The van der Waals surface area contributed by atoms with Crippen LogP contribution in [0.5, 0.6) is 5.75 Å². The molecule has 0 aliphatic carbocycles. The molecule has 0 unspecified atom stereocenters. The molecule has 1 rings (SSSR count). The summed E-state index contributed by atoms with van der Waals surface area (Å²) in [6, 6.07) is 6.37. The predicted octanol–water partition coefficient (Wildman–Crippen LogP) is 0.583. The van der Waals surface area contributed by atoms with Crippen molar-refractivity contribution in [1.82, 2.24) is 10.0 Å². The average molecular weight is 258 g/mol. The highest BCUT2D eigenvalue weighted by molar-refractivity contribution is 7.89. The molecule has 0 radical (unpaired) electrons. The van der Waals surface area contributed by atoms with Gasteiger partial charge in [0.2, 0.25) is 10.0 Å². The van der Waals surface area contributed by atoms with Gasteiger partial charge in [-0.1, -0.05) is 0 Å². The van der Waals surface area contributed by atoms with E-state index < -0.39 is 10.0 Å². The van der Waals surface area contributed by atoms with Crippen LogP contribution < -0.4 is 14.8 Å². The molecule has 0 atom stereocenters. The van der Waals surface area contributed by atoms with E-state index in [1.807, 2.05) is 6.92 Å². The van der Waals surface area contributed by atoms with E-state index >= 15 is 0 Å². The average Bonchev–Trinajstić information content (AvgIpc) is 2.30. The van der Waals surface area contributed by atoms with Crippen molar-refractivity contribution in [3.63, 3.8) is 0 Å². The molecular formula is C11H18N2O3S. The zero-order chi connectivity index (χ0) is 12.7. The van der Waals surface area contributed by atoms with Gasteiger partial charge in [0.05, 0.1) is 11.5 Å². The Balaban J connectivity index is 2.71. The summed E-state index contributed by atoms with van der Waals surface area (Å²) in [5, 5.41) is 2.87. The minimum Gasteiger partial charge on any atom is -0.494 e. The van der Waals surface area contributed by atoms with Gasteiger partial charge in [0, 0.05) is 13.1 Å². The van der Waals surface area contributed by atoms with E-state index in [-0.39, 0.29) is 4.90 Å². The van der Waals surface area contributed by atoms with E-state index in [1.54, 1.807) is 19.2 Å². The van der Waals surface area contributed by atoms with Crippen molar-refractivity contribution in [1.29, 1.82) is 0 Å². The maximum atomic E-state index is 11.8. The van der Waals surface area contributed by atoms with Crippen LogP contribution in [-0.2, 0) is 10.0 Å². The van der Waals surface area contributed by atoms with Crippen LogP contribution >= 0.6 is 0 Å². The number of nitrogens with one attached hydrogen (secondary N) is 2. The summed E-state index contributed by atoms with van der Waals surface area (Å²) in [5.74, 6) is 0.668. The SMILES string of the molecule is CCOc1ccc(S(=O)(=O)NCCNC)cc1. The summed E-state index contributed by atoms with van der Waals surface area (Å²) in [5.41, 5.74) is 0. The molecule has 0 amide bonds. The van der Waals surface area contributed by atoms with Crippen LogP contribution in [-0.4, -0.2) is 35.2 Å². The number of hydrogen-bond acceptors (Lipinski definition) is 4. The van der Waals surface area contributed by atoms with Crippen molar-refractivity contribution < 1.29 is 13.2 Å². The number of benzene rings is 1. The number of rotatable bonds is 7. The Morgan fingerprint density at radius 3 is 2.35 bits per heavy atom. The topological polar surface area (TPSA) is 67.4 Å². The molecule has 1 aromatic rings. The first kappa shape index (κ1) is 14.0. The first-order chi connectivity index (χ1) is 8.10. The largest absolute Gasteiger partial charge is 0.494 e. The molecule has 0 saturated heterocycles. The molecule has 0 fully saturated rings. The minimum absolute atomic E-state index is 0.247. The van der Waals surface area contributed by atoms with Crippen molar-refractivity contribution in [3.05, 3.63) is 24.3 Å². The molecule has 17 heavy (non-hydrogen) atoms. The smallest absolute Gasteiger partial charge is 0.240 e. The Morgan fingerprint density at radius 2 is 1.82 bits per heavy atom. The van der Waals surface area contributed by atoms with Crippen LogP contribution in [0.3, 0.4) is 0 Å². The van der Waals surface area contributed by atoms with Crippen molar-refractivity contribution in [2.75, 3.05) is 26.7 Å². The fourth-order valence-electron chi connectivity index (χ4n) is 1.28. The van der Waals surface area contributed by atoms with Crippen LogP contribution in [0, 0.1) is 0 Å². The van der Waals surface area contributed by atoms with Gasteiger partial charge >= 0.3 is 0 Å². The Kier molecular flexibility index (Phi) is 5.40. The van der Waals surface area contributed by atoms with Crippen molar-refractivity contribution in [2.45, 2.75) is 11.8 Å². The zero-order valence-corrected chi connectivity index (χ0v) is 10.9.